The molecule has 0 spiro atoms. The van der Waals surface area contributed by atoms with E-state index in [0.717, 1.165) is 68.6 Å². The molecule has 12 nitrogen and oxygen atoms in total. The molecule has 0 atom stereocenters. The maximum Gasteiger partial charge on any atom is 0.255 e. The van der Waals surface area contributed by atoms with Gasteiger partial charge in [0.15, 0.2) is 11.5 Å². The second-order valence-corrected chi connectivity index (χ2v) is 13.7. The number of carbonyl (C=O) groups is 4. The first kappa shape index (κ1) is 41.4. The highest BCUT2D eigenvalue weighted by atomic mass is 16.5. The molecule has 2 aliphatic rings. The molecule has 4 aromatic rings. The summed E-state index contributed by atoms with van der Waals surface area (Å²) in [7, 11) is 0. The highest BCUT2D eigenvalue weighted by Crippen LogP contribution is 2.37. The zero-order valence-electron chi connectivity index (χ0n) is 32.4. The summed E-state index contributed by atoms with van der Waals surface area (Å²) in [6.07, 6.45) is 3.56. The fourth-order valence-electron chi connectivity index (χ4n) is 6.29. The van der Waals surface area contributed by atoms with Crippen LogP contribution in [0.25, 0.3) is 0 Å². The van der Waals surface area contributed by atoms with E-state index in [1.54, 1.807) is 24.3 Å². The SMILES string of the molecule is Cc1c2ccc(c1C)C(=O)NCCNC(=O)c1ccc(c(OCc3ccccc3)c1OCc1ccccc1)C(=O)NCCCNCCCCNCCCNC2=O. The van der Waals surface area contributed by atoms with E-state index >= 15 is 0 Å². The minimum atomic E-state index is -0.456. The van der Waals surface area contributed by atoms with Crippen LogP contribution in [-0.2, 0) is 13.2 Å². The molecule has 56 heavy (non-hydrogen) atoms. The minimum Gasteiger partial charge on any atom is -0.484 e. The molecular weight excluding hydrogens is 709 g/mol. The van der Waals surface area contributed by atoms with Gasteiger partial charge in [-0.2, -0.15) is 0 Å². The Bertz CT molecular complexity index is 1920. The first-order valence-corrected chi connectivity index (χ1v) is 19.5. The Morgan fingerprint density at radius 3 is 1.16 bits per heavy atom. The fraction of sp³-hybridized carbons (Fsp3) is 0.364. The van der Waals surface area contributed by atoms with Crippen LogP contribution in [0.4, 0.5) is 0 Å². The van der Waals surface area contributed by atoms with E-state index in [4.69, 9.17) is 9.47 Å². The van der Waals surface area contributed by atoms with Gasteiger partial charge in [0.2, 0.25) is 0 Å². The highest BCUT2D eigenvalue weighted by molar-refractivity contribution is 6.03. The summed E-state index contributed by atoms with van der Waals surface area (Å²) in [5, 5.41) is 18.6. The summed E-state index contributed by atoms with van der Waals surface area (Å²) in [6.45, 7) is 8.49. The molecule has 4 aromatic carbocycles. The zero-order valence-corrected chi connectivity index (χ0v) is 32.4. The predicted octanol–water partition coefficient (Wildman–Crippen LogP) is 4.83. The van der Waals surface area contributed by atoms with Crippen LogP contribution in [0.2, 0.25) is 0 Å². The first-order chi connectivity index (χ1) is 27.3. The Labute approximate surface area is 329 Å². The second-order valence-electron chi connectivity index (χ2n) is 13.7. The van der Waals surface area contributed by atoms with Gasteiger partial charge < -0.3 is 41.4 Å². The largest absolute Gasteiger partial charge is 0.484 e. The van der Waals surface area contributed by atoms with Gasteiger partial charge in [0, 0.05) is 37.3 Å². The summed E-state index contributed by atoms with van der Waals surface area (Å²) < 4.78 is 12.7. The molecule has 4 bridgehead atoms. The van der Waals surface area contributed by atoms with E-state index in [1.165, 1.54) is 0 Å². The summed E-state index contributed by atoms with van der Waals surface area (Å²) in [4.78, 5) is 53.7. The standard InChI is InChI=1S/C44H54N6O6/c1-31-32(2)36-18-17-35(31)41(51)47-25-11-23-45-21-9-10-22-46-24-12-26-48-43(53)37-19-20-38(44(54)50-28-27-49-42(36)52)40(56-30-34-15-7-4-8-16-34)39(37)55-29-33-13-5-3-6-14-33/h3-8,13-20,45-46H,9-12,21-30H2,1-2H3,(H,47,51)(H,48,53)(H,49,52)(H,50,54). The first-order valence-electron chi connectivity index (χ1n) is 19.5. The molecule has 0 aliphatic carbocycles. The van der Waals surface area contributed by atoms with Gasteiger partial charge in [-0.1, -0.05) is 60.7 Å². The third-order valence-corrected chi connectivity index (χ3v) is 9.61. The van der Waals surface area contributed by atoms with Crippen LogP contribution in [0.3, 0.4) is 0 Å². The summed E-state index contributed by atoms with van der Waals surface area (Å²) in [5.74, 6) is -0.965. The maximum atomic E-state index is 13.8. The van der Waals surface area contributed by atoms with E-state index in [2.05, 4.69) is 31.9 Å². The number of fused-ring (bicyclic) bond motifs is 22. The molecule has 2 heterocycles. The second kappa shape index (κ2) is 22.0. The molecule has 4 amide bonds. The third kappa shape index (κ3) is 12.1. The number of ether oxygens (including phenoxy) is 2. The smallest absolute Gasteiger partial charge is 0.255 e. The number of hydrogen-bond acceptors (Lipinski definition) is 8. The van der Waals surface area contributed by atoms with Gasteiger partial charge in [0.25, 0.3) is 23.6 Å². The lowest BCUT2D eigenvalue weighted by molar-refractivity contribution is 0.0922. The average molecular weight is 763 g/mol. The van der Waals surface area contributed by atoms with Crippen molar-refractivity contribution in [2.75, 3.05) is 52.4 Å². The Kier molecular flexibility index (Phi) is 16.3. The lowest BCUT2D eigenvalue weighted by Crippen LogP contribution is -2.35. The van der Waals surface area contributed by atoms with Crippen LogP contribution in [0.15, 0.2) is 84.9 Å². The van der Waals surface area contributed by atoms with Crippen molar-refractivity contribution < 1.29 is 28.7 Å². The molecule has 12 heteroatoms. The van der Waals surface area contributed by atoms with Crippen LogP contribution >= 0.6 is 0 Å². The number of hydrogen-bond donors (Lipinski definition) is 6. The fourth-order valence-corrected chi connectivity index (χ4v) is 6.29. The van der Waals surface area contributed by atoms with Crippen LogP contribution in [0.1, 0.15) is 89.4 Å². The summed E-state index contributed by atoms with van der Waals surface area (Å²) >= 11 is 0. The van der Waals surface area contributed by atoms with Crippen molar-refractivity contribution in [3.8, 4) is 11.5 Å². The van der Waals surface area contributed by atoms with Crippen LogP contribution in [0, 0.1) is 13.8 Å². The average Bonchev–Trinajstić information content (AvgIpc) is 3.21. The Morgan fingerprint density at radius 2 is 0.750 bits per heavy atom. The van der Waals surface area contributed by atoms with Gasteiger partial charge in [-0.05, 0) is 112 Å². The Morgan fingerprint density at radius 1 is 0.411 bits per heavy atom. The molecule has 6 N–H and O–H groups in total. The van der Waals surface area contributed by atoms with Crippen molar-refractivity contribution in [2.24, 2.45) is 0 Å². The number of rotatable bonds is 6. The van der Waals surface area contributed by atoms with Crippen molar-refractivity contribution in [3.05, 3.63) is 129 Å². The van der Waals surface area contributed by atoms with E-state index in [1.807, 2.05) is 74.5 Å². The predicted molar refractivity (Wildman–Crippen MR) is 217 cm³/mol. The van der Waals surface area contributed by atoms with Crippen molar-refractivity contribution in [3.63, 3.8) is 0 Å². The van der Waals surface area contributed by atoms with E-state index in [0.29, 0.717) is 29.8 Å². The van der Waals surface area contributed by atoms with Crippen LogP contribution in [0.5, 0.6) is 11.5 Å². The summed E-state index contributed by atoms with van der Waals surface area (Å²) in [6, 6.07) is 25.6. The lowest BCUT2D eigenvalue weighted by atomic mass is 9.97. The molecular formula is C44H54N6O6. The van der Waals surface area contributed by atoms with E-state index in [-0.39, 0.29) is 66.7 Å². The van der Waals surface area contributed by atoms with Crippen molar-refractivity contribution in [1.82, 2.24) is 31.9 Å². The Hall–Kier alpha value is -5.72. The number of benzene rings is 4. The molecule has 0 unspecified atom stereocenters. The zero-order chi connectivity index (χ0) is 39.5. The molecule has 296 valence electrons. The Balaban J connectivity index is 1.38. The third-order valence-electron chi connectivity index (χ3n) is 9.61. The maximum absolute atomic E-state index is 13.8. The number of nitrogens with one attached hydrogen (secondary N) is 6. The highest BCUT2D eigenvalue weighted by Gasteiger charge is 2.25. The molecule has 0 aromatic heterocycles. The monoisotopic (exact) mass is 762 g/mol. The van der Waals surface area contributed by atoms with Gasteiger partial charge in [-0.3, -0.25) is 19.2 Å². The molecule has 6 rings (SSSR count). The van der Waals surface area contributed by atoms with Gasteiger partial charge in [-0.25, -0.2) is 0 Å². The van der Waals surface area contributed by atoms with Gasteiger partial charge in [-0.15, -0.1) is 0 Å². The number of carbonyl (C=O) groups excluding carboxylic acids is 4. The van der Waals surface area contributed by atoms with Crippen molar-refractivity contribution in [2.45, 2.75) is 52.7 Å². The molecule has 2 aliphatic heterocycles. The van der Waals surface area contributed by atoms with E-state index < -0.39 is 5.91 Å². The minimum absolute atomic E-state index is 0.118. The molecule has 0 radical (unpaired) electrons. The lowest BCUT2D eigenvalue weighted by Gasteiger charge is -2.20. The van der Waals surface area contributed by atoms with Crippen molar-refractivity contribution >= 4 is 23.6 Å². The quantitative estimate of drug-likeness (QED) is 0.163. The topological polar surface area (TPSA) is 159 Å². The number of amides is 4. The summed E-state index contributed by atoms with van der Waals surface area (Å²) in [5.41, 5.74) is 4.63. The normalized spacial score (nSPS) is 15.9. The van der Waals surface area contributed by atoms with Gasteiger partial charge in [0.05, 0.1) is 11.1 Å². The van der Waals surface area contributed by atoms with Crippen LogP contribution in [-0.4, -0.2) is 76.0 Å². The molecule has 0 saturated carbocycles. The van der Waals surface area contributed by atoms with Gasteiger partial charge in [0.1, 0.15) is 13.2 Å². The van der Waals surface area contributed by atoms with Crippen LogP contribution < -0.4 is 41.4 Å². The molecule has 0 saturated heterocycles. The van der Waals surface area contributed by atoms with Crippen molar-refractivity contribution in [1.29, 1.82) is 0 Å². The van der Waals surface area contributed by atoms with E-state index in [9.17, 15) is 19.2 Å². The molecule has 0 fully saturated rings. The van der Waals surface area contributed by atoms with Gasteiger partial charge >= 0.3 is 0 Å².